The standard InChI is InChI=1S/C30H39N6O8P/c1-7-40-29(38)20(6)35-45(39,44-22-10-8-21(9-11-22)18(2)3)41-15-25-24(42-28(37)19(4)5)14-30(16-31,43-25)26-13-12-23-27(32)33-17-34-36(23)26/h8-13,17-20,24-25H,7,14-15H2,1-6H3,(H,35,39)(H2,32,33,34)/t20-,24-,25+,30?,45?/m0/s1. The number of anilines is 1. The van der Waals surface area contributed by atoms with Crippen LogP contribution in [0.2, 0.25) is 0 Å². The Hall–Kier alpha value is -4.02. The lowest BCUT2D eigenvalue weighted by Gasteiger charge is -2.26. The number of carbonyl (C=O) groups is 2. The molecule has 45 heavy (non-hydrogen) atoms. The fourth-order valence-corrected chi connectivity index (χ4v) is 6.27. The van der Waals surface area contributed by atoms with Crippen molar-refractivity contribution in [3.63, 3.8) is 0 Å². The van der Waals surface area contributed by atoms with Gasteiger partial charge < -0.3 is 24.5 Å². The van der Waals surface area contributed by atoms with Crippen molar-refractivity contribution in [2.45, 2.75) is 77.7 Å². The molecule has 3 heterocycles. The number of nitrogens with one attached hydrogen (secondary N) is 1. The molecule has 2 aromatic heterocycles. The number of nitriles is 1. The molecule has 1 aromatic carbocycles. The van der Waals surface area contributed by atoms with Crippen molar-refractivity contribution in [1.82, 2.24) is 19.7 Å². The lowest BCUT2D eigenvalue weighted by atomic mass is 9.96. The first-order valence-electron chi connectivity index (χ1n) is 14.7. The number of carbonyl (C=O) groups excluding carboxylic acids is 2. The molecule has 1 saturated heterocycles. The number of ether oxygens (including phenoxy) is 3. The van der Waals surface area contributed by atoms with Crippen molar-refractivity contribution < 1.29 is 37.4 Å². The highest BCUT2D eigenvalue weighted by Gasteiger charge is 2.53. The zero-order chi connectivity index (χ0) is 32.9. The number of hydrogen-bond donors (Lipinski definition) is 2. The van der Waals surface area contributed by atoms with Crippen LogP contribution in [0.1, 0.15) is 65.1 Å². The van der Waals surface area contributed by atoms with E-state index in [0.29, 0.717) is 11.2 Å². The molecule has 0 aliphatic carbocycles. The minimum absolute atomic E-state index is 0.0828. The molecule has 0 spiro atoms. The topological polar surface area (TPSA) is 189 Å². The molecule has 1 aliphatic rings. The summed E-state index contributed by atoms with van der Waals surface area (Å²) in [5.41, 5.74) is 6.18. The van der Waals surface area contributed by atoms with Gasteiger partial charge in [-0.3, -0.25) is 14.1 Å². The van der Waals surface area contributed by atoms with Crippen LogP contribution in [-0.4, -0.2) is 58.0 Å². The number of esters is 2. The fourth-order valence-electron chi connectivity index (χ4n) is 4.77. The highest BCUT2D eigenvalue weighted by atomic mass is 31.2. The molecule has 15 heteroatoms. The maximum Gasteiger partial charge on any atom is 0.459 e. The van der Waals surface area contributed by atoms with Gasteiger partial charge in [0.1, 0.15) is 41.9 Å². The predicted molar refractivity (Wildman–Crippen MR) is 163 cm³/mol. The predicted octanol–water partition coefficient (Wildman–Crippen LogP) is 4.26. The molecule has 3 N–H and O–H groups in total. The van der Waals surface area contributed by atoms with Crippen LogP contribution in [-0.2, 0) is 38.5 Å². The summed E-state index contributed by atoms with van der Waals surface area (Å²) in [6.07, 6.45) is -0.886. The average Bonchev–Trinajstić information content (AvgIpc) is 3.59. The molecule has 4 rings (SSSR count). The minimum Gasteiger partial charge on any atom is -0.465 e. The average molecular weight is 643 g/mol. The Labute approximate surface area is 261 Å². The van der Waals surface area contributed by atoms with Crippen molar-refractivity contribution in [3.8, 4) is 11.8 Å². The van der Waals surface area contributed by atoms with Gasteiger partial charge in [0.05, 0.1) is 24.8 Å². The van der Waals surface area contributed by atoms with E-state index in [-0.39, 0.29) is 30.5 Å². The van der Waals surface area contributed by atoms with Gasteiger partial charge in [0, 0.05) is 6.42 Å². The van der Waals surface area contributed by atoms with Crippen LogP contribution >= 0.6 is 7.75 Å². The summed E-state index contributed by atoms with van der Waals surface area (Å²) in [5, 5.41) is 17.3. The highest BCUT2D eigenvalue weighted by molar-refractivity contribution is 7.52. The molecule has 0 amide bonds. The number of nitrogens with two attached hydrogens (primary N) is 1. The van der Waals surface area contributed by atoms with Crippen molar-refractivity contribution in [1.29, 1.82) is 5.26 Å². The summed E-state index contributed by atoms with van der Waals surface area (Å²) in [6, 6.07) is 11.4. The molecule has 2 unspecified atom stereocenters. The Morgan fingerprint density at radius 3 is 2.51 bits per heavy atom. The van der Waals surface area contributed by atoms with E-state index in [4.69, 9.17) is 29.0 Å². The molecule has 14 nitrogen and oxygen atoms in total. The van der Waals surface area contributed by atoms with Gasteiger partial charge in [-0.1, -0.05) is 39.8 Å². The third kappa shape index (κ3) is 7.62. The summed E-state index contributed by atoms with van der Waals surface area (Å²) < 4.78 is 44.4. The number of nitrogen functional groups attached to an aromatic ring is 1. The number of nitrogens with zero attached hydrogens (tertiary/aromatic N) is 4. The number of fused-ring (bicyclic) bond motifs is 1. The van der Waals surface area contributed by atoms with Crippen LogP contribution in [0.25, 0.3) is 5.52 Å². The van der Waals surface area contributed by atoms with Gasteiger partial charge in [-0.25, -0.2) is 14.1 Å². The Kier molecular flexibility index (Phi) is 10.5. The summed E-state index contributed by atoms with van der Waals surface area (Å²) >= 11 is 0. The second-order valence-corrected chi connectivity index (χ2v) is 13.0. The molecular formula is C30H39N6O8P. The maximum absolute atomic E-state index is 14.2. The van der Waals surface area contributed by atoms with E-state index >= 15 is 0 Å². The van der Waals surface area contributed by atoms with E-state index in [0.717, 1.165) is 5.56 Å². The van der Waals surface area contributed by atoms with Crippen LogP contribution < -0.4 is 15.3 Å². The molecule has 1 aliphatic heterocycles. The number of benzene rings is 1. The van der Waals surface area contributed by atoms with E-state index in [1.807, 2.05) is 26.0 Å². The third-order valence-corrected chi connectivity index (χ3v) is 8.89. The quantitative estimate of drug-likeness (QED) is 0.199. The van der Waals surface area contributed by atoms with E-state index in [9.17, 15) is 19.4 Å². The molecule has 0 radical (unpaired) electrons. The molecule has 242 valence electrons. The van der Waals surface area contributed by atoms with Crippen molar-refractivity contribution in [2.75, 3.05) is 18.9 Å². The van der Waals surface area contributed by atoms with Gasteiger partial charge >= 0.3 is 19.7 Å². The first-order valence-corrected chi connectivity index (χ1v) is 16.2. The van der Waals surface area contributed by atoms with Crippen LogP contribution in [0.15, 0.2) is 42.7 Å². The zero-order valence-electron chi connectivity index (χ0n) is 26.1. The number of rotatable bonds is 13. The van der Waals surface area contributed by atoms with E-state index in [2.05, 4.69) is 21.2 Å². The van der Waals surface area contributed by atoms with Gasteiger partial charge in [-0.05, 0) is 49.6 Å². The Morgan fingerprint density at radius 2 is 1.89 bits per heavy atom. The summed E-state index contributed by atoms with van der Waals surface area (Å²) in [7, 11) is -4.30. The van der Waals surface area contributed by atoms with Crippen molar-refractivity contribution >= 4 is 31.0 Å². The number of hydrogen-bond acceptors (Lipinski definition) is 12. The van der Waals surface area contributed by atoms with Gasteiger partial charge in [-0.2, -0.15) is 15.4 Å². The minimum atomic E-state index is -4.30. The van der Waals surface area contributed by atoms with Crippen LogP contribution in [0.5, 0.6) is 5.75 Å². The van der Waals surface area contributed by atoms with E-state index in [1.54, 1.807) is 45.0 Å². The van der Waals surface area contributed by atoms with Gasteiger partial charge in [0.15, 0.2) is 5.82 Å². The molecule has 0 saturated carbocycles. The summed E-state index contributed by atoms with van der Waals surface area (Å²) in [5.74, 6) is -0.967. The van der Waals surface area contributed by atoms with Gasteiger partial charge in [0.2, 0.25) is 5.60 Å². The SMILES string of the molecule is CCOC(=O)[C@H](C)NP(=O)(OC[C@H]1OC(C#N)(c2ccc3c(N)ncnn23)C[C@@H]1OC(=O)C(C)C)Oc1ccc(C(C)C)cc1. The van der Waals surface area contributed by atoms with Crippen LogP contribution in [0.4, 0.5) is 5.82 Å². The lowest BCUT2D eigenvalue weighted by molar-refractivity contribution is -0.156. The Bertz CT molecular complexity index is 1600. The van der Waals surface area contributed by atoms with Crippen LogP contribution in [0.3, 0.4) is 0 Å². The van der Waals surface area contributed by atoms with Crippen molar-refractivity contribution in [3.05, 3.63) is 54.0 Å². The highest BCUT2D eigenvalue weighted by Crippen LogP contribution is 2.48. The molecule has 5 atom stereocenters. The Balaban J connectivity index is 1.65. The monoisotopic (exact) mass is 642 g/mol. The largest absolute Gasteiger partial charge is 0.465 e. The van der Waals surface area contributed by atoms with Crippen LogP contribution in [0, 0.1) is 17.2 Å². The molecule has 1 fully saturated rings. The number of aromatic nitrogens is 3. The fraction of sp³-hybridized carbons (Fsp3) is 0.500. The second kappa shape index (κ2) is 14.0. The van der Waals surface area contributed by atoms with Gasteiger partial charge in [-0.15, -0.1) is 0 Å². The third-order valence-electron chi connectivity index (χ3n) is 7.24. The smallest absolute Gasteiger partial charge is 0.459 e. The summed E-state index contributed by atoms with van der Waals surface area (Å²) in [4.78, 5) is 29.1. The molecule has 0 bridgehead atoms. The first kappa shape index (κ1) is 33.9. The lowest BCUT2D eigenvalue weighted by Crippen LogP contribution is -2.37. The normalized spacial score (nSPS) is 21.8. The maximum atomic E-state index is 14.2. The van der Waals surface area contributed by atoms with E-state index < -0.39 is 56.1 Å². The van der Waals surface area contributed by atoms with Crippen molar-refractivity contribution in [2.24, 2.45) is 5.92 Å². The Morgan fingerprint density at radius 1 is 1.18 bits per heavy atom. The second-order valence-electron chi connectivity index (χ2n) is 11.3. The molecular weight excluding hydrogens is 603 g/mol. The molecule has 3 aromatic rings. The summed E-state index contributed by atoms with van der Waals surface area (Å²) in [6.45, 7) is 10.2. The zero-order valence-corrected chi connectivity index (χ0v) is 27.0. The van der Waals surface area contributed by atoms with E-state index in [1.165, 1.54) is 17.8 Å². The first-order chi connectivity index (χ1) is 21.3. The van der Waals surface area contributed by atoms with Gasteiger partial charge in [0.25, 0.3) is 0 Å².